The molecule has 1 fully saturated rings. The largest absolute Gasteiger partial charge is 0.376 e. The van der Waals surface area contributed by atoms with Gasteiger partial charge in [0.1, 0.15) is 0 Å². The minimum absolute atomic E-state index is 0.0260. The summed E-state index contributed by atoms with van der Waals surface area (Å²) < 4.78 is 0. The molecule has 3 rings (SSSR count). The van der Waals surface area contributed by atoms with E-state index in [0.29, 0.717) is 28.4 Å². The lowest BCUT2D eigenvalue weighted by Crippen LogP contribution is -2.36. The van der Waals surface area contributed by atoms with Crippen LogP contribution in [0.2, 0.25) is 5.02 Å². The van der Waals surface area contributed by atoms with E-state index >= 15 is 0 Å². The quantitative estimate of drug-likeness (QED) is 0.430. The Morgan fingerprint density at radius 3 is 2.42 bits per heavy atom. The van der Waals surface area contributed by atoms with E-state index in [1.807, 2.05) is 25.1 Å². The standard InChI is InChI=1S/C25H31ClN4O3/c1-3-23(31)30-22-11-7-10-21(16(22)2)27-15-24(32)28-18-12-13-20(26)19(14-18)25(33)29-17-8-5-4-6-9-17/h7,10-14,17,27H,3-6,8-9,15H2,1-2H3,(H,28,32)(H,29,33)(H,30,31). The smallest absolute Gasteiger partial charge is 0.253 e. The molecular weight excluding hydrogens is 440 g/mol. The highest BCUT2D eigenvalue weighted by molar-refractivity contribution is 6.34. The SMILES string of the molecule is CCC(=O)Nc1cccc(NCC(=O)Nc2ccc(Cl)c(C(=O)NC3CCCCC3)c2)c1C. The Morgan fingerprint density at radius 1 is 0.970 bits per heavy atom. The molecule has 2 aromatic rings. The van der Waals surface area contributed by atoms with Gasteiger partial charge in [-0.25, -0.2) is 0 Å². The third-order valence-electron chi connectivity index (χ3n) is 5.80. The zero-order chi connectivity index (χ0) is 23.8. The molecule has 176 valence electrons. The zero-order valence-electron chi connectivity index (χ0n) is 19.1. The Morgan fingerprint density at radius 2 is 1.70 bits per heavy atom. The van der Waals surface area contributed by atoms with Crippen LogP contribution in [0.3, 0.4) is 0 Å². The van der Waals surface area contributed by atoms with Crippen molar-refractivity contribution in [2.24, 2.45) is 0 Å². The van der Waals surface area contributed by atoms with Crippen LogP contribution in [0.25, 0.3) is 0 Å². The molecule has 7 nitrogen and oxygen atoms in total. The van der Waals surface area contributed by atoms with Crippen LogP contribution >= 0.6 is 11.6 Å². The van der Waals surface area contributed by atoms with E-state index in [0.717, 1.165) is 36.9 Å². The maximum atomic E-state index is 12.7. The monoisotopic (exact) mass is 470 g/mol. The van der Waals surface area contributed by atoms with E-state index < -0.39 is 0 Å². The first-order valence-corrected chi connectivity index (χ1v) is 11.8. The van der Waals surface area contributed by atoms with Crippen molar-refractivity contribution in [2.45, 2.75) is 58.4 Å². The highest BCUT2D eigenvalue weighted by atomic mass is 35.5. The topological polar surface area (TPSA) is 99.3 Å². The maximum Gasteiger partial charge on any atom is 0.253 e. The minimum Gasteiger partial charge on any atom is -0.376 e. The summed E-state index contributed by atoms with van der Waals surface area (Å²) in [4.78, 5) is 36.9. The number of carbonyl (C=O) groups excluding carboxylic acids is 3. The summed E-state index contributed by atoms with van der Waals surface area (Å²) in [6.07, 6.45) is 5.80. The summed E-state index contributed by atoms with van der Waals surface area (Å²) in [5.74, 6) is -0.555. The molecule has 33 heavy (non-hydrogen) atoms. The van der Waals surface area contributed by atoms with E-state index in [-0.39, 0.29) is 30.3 Å². The Labute approximate surface area is 199 Å². The fourth-order valence-electron chi connectivity index (χ4n) is 3.87. The summed E-state index contributed by atoms with van der Waals surface area (Å²) in [5, 5.41) is 12.2. The second-order valence-electron chi connectivity index (χ2n) is 8.28. The third-order valence-corrected chi connectivity index (χ3v) is 6.13. The Bertz CT molecular complexity index is 1020. The number of rotatable bonds is 8. The summed E-state index contributed by atoms with van der Waals surface area (Å²) >= 11 is 6.25. The molecule has 3 amide bonds. The molecule has 0 saturated heterocycles. The van der Waals surface area contributed by atoms with Crippen LogP contribution in [0, 0.1) is 6.92 Å². The number of halogens is 1. The fraction of sp³-hybridized carbons (Fsp3) is 0.400. The summed E-state index contributed by atoms with van der Waals surface area (Å²) in [6.45, 7) is 3.69. The summed E-state index contributed by atoms with van der Waals surface area (Å²) in [7, 11) is 0. The van der Waals surface area contributed by atoms with Gasteiger partial charge in [-0.1, -0.05) is 43.9 Å². The molecular formula is C25H31ClN4O3. The third kappa shape index (κ3) is 6.96. The van der Waals surface area contributed by atoms with Crippen molar-refractivity contribution in [3.8, 4) is 0 Å². The van der Waals surface area contributed by atoms with Crippen LogP contribution < -0.4 is 21.3 Å². The van der Waals surface area contributed by atoms with Crippen LogP contribution in [0.15, 0.2) is 36.4 Å². The number of hydrogen-bond donors (Lipinski definition) is 4. The van der Waals surface area contributed by atoms with E-state index in [2.05, 4.69) is 21.3 Å². The Kier molecular flexibility index (Phi) is 8.72. The van der Waals surface area contributed by atoms with E-state index in [1.54, 1.807) is 25.1 Å². The molecule has 1 aliphatic rings. The second kappa shape index (κ2) is 11.7. The van der Waals surface area contributed by atoms with Crippen molar-refractivity contribution in [1.82, 2.24) is 5.32 Å². The van der Waals surface area contributed by atoms with Crippen LogP contribution in [-0.2, 0) is 9.59 Å². The molecule has 0 aromatic heterocycles. The summed E-state index contributed by atoms with van der Waals surface area (Å²) in [5.41, 5.74) is 3.16. The van der Waals surface area contributed by atoms with Crippen LogP contribution in [-0.4, -0.2) is 30.3 Å². The average Bonchev–Trinajstić information content (AvgIpc) is 2.81. The van der Waals surface area contributed by atoms with Gasteiger partial charge in [-0.2, -0.15) is 0 Å². The predicted molar refractivity (Wildman–Crippen MR) is 133 cm³/mol. The first-order valence-electron chi connectivity index (χ1n) is 11.4. The first kappa shape index (κ1) is 24.6. The molecule has 0 heterocycles. The lowest BCUT2D eigenvalue weighted by atomic mass is 9.95. The molecule has 0 radical (unpaired) electrons. The molecule has 0 aliphatic heterocycles. The number of carbonyl (C=O) groups is 3. The van der Waals surface area contributed by atoms with Crippen molar-refractivity contribution in [2.75, 3.05) is 22.5 Å². The fourth-order valence-corrected chi connectivity index (χ4v) is 4.07. The number of nitrogens with one attached hydrogen (secondary N) is 4. The Hall–Kier alpha value is -3.06. The normalized spacial score (nSPS) is 13.8. The molecule has 2 aromatic carbocycles. The number of hydrogen-bond acceptors (Lipinski definition) is 4. The van der Waals surface area contributed by atoms with Gasteiger partial charge in [-0.3, -0.25) is 14.4 Å². The molecule has 4 N–H and O–H groups in total. The molecule has 1 aliphatic carbocycles. The van der Waals surface area contributed by atoms with Crippen LogP contribution in [0.4, 0.5) is 17.1 Å². The zero-order valence-corrected chi connectivity index (χ0v) is 19.8. The highest BCUT2D eigenvalue weighted by Gasteiger charge is 2.19. The molecule has 0 bridgehead atoms. The molecule has 0 unspecified atom stereocenters. The van der Waals surface area contributed by atoms with Gasteiger partial charge >= 0.3 is 0 Å². The summed E-state index contributed by atoms with van der Waals surface area (Å²) in [6, 6.07) is 10.5. The number of benzene rings is 2. The van der Waals surface area contributed by atoms with Gasteiger partial charge in [0.15, 0.2) is 0 Å². The molecule has 8 heteroatoms. The van der Waals surface area contributed by atoms with Crippen molar-refractivity contribution in [3.05, 3.63) is 52.5 Å². The molecule has 0 spiro atoms. The number of anilines is 3. The van der Waals surface area contributed by atoms with Crippen molar-refractivity contribution < 1.29 is 14.4 Å². The first-order chi connectivity index (χ1) is 15.9. The second-order valence-corrected chi connectivity index (χ2v) is 8.69. The molecule has 0 atom stereocenters. The van der Waals surface area contributed by atoms with Crippen LogP contribution in [0.1, 0.15) is 61.4 Å². The minimum atomic E-state index is -0.265. The predicted octanol–water partition coefficient (Wildman–Crippen LogP) is 5.11. The van der Waals surface area contributed by atoms with Crippen LogP contribution in [0.5, 0.6) is 0 Å². The average molecular weight is 471 g/mol. The van der Waals surface area contributed by atoms with Gasteiger partial charge in [0.2, 0.25) is 11.8 Å². The van der Waals surface area contributed by atoms with Crippen molar-refractivity contribution >= 4 is 46.4 Å². The highest BCUT2D eigenvalue weighted by Crippen LogP contribution is 2.24. The van der Waals surface area contributed by atoms with Gasteiger partial charge in [-0.05, 0) is 55.7 Å². The van der Waals surface area contributed by atoms with E-state index in [4.69, 9.17) is 11.6 Å². The van der Waals surface area contributed by atoms with Gasteiger partial charge in [-0.15, -0.1) is 0 Å². The Balaban J connectivity index is 1.59. The van der Waals surface area contributed by atoms with Gasteiger partial charge in [0.05, 0.1) is 17.1 Å². The van der Waals surface area contributed by atoms with Crippen molar-refractivity contribution in [1.29, 1.82) is 0 Å². The molecule has 1 saturated carbocycles. The number of amides is 3. The lowest BCUT2D eigenvalue weighted by molar-refractivity contribution is -0.116. The van der Waals surface area contributed by atoms with Crippen molar-refractivity contribution in [3.63, 3.8) is 0 Å². The van der Waals surface area contributed by atoms with Gasteiger partial charge < -0.3 is 21.3 Å². The van der Waals surface area contributed by atoms with E-state index in [1.165, 1.54) is 6.42 Å². The lowest BCUT2D eigenvalue weighted by Gasteiger charge is -2.23. The van der Waals surface area contributed by atoms with Gasteiger partial charge in [0, 0.05) is 29.5 Å². The van der Waals surface area contributed by atoms with E-state index in [9.17, 15) is 14.4 Å². The van der Waals surface area contributed by atoms with Gasteiger partial charge in [0.25, 0.3) is 5.91 Å². The maximum absolute atomic E-state index is 12.7.